The molecule has 0 saturated carbocycles. The highest BCUT2D eigenvalue weighted by Gasteiger charge is 2.20. The van der Waals surface area contributed by atoms with Crippen molar-refractivity contribution in [3.8, 4) is 0 Å². The van der Waals surface area contributed by atoms with Gasteiger partial charge in [-0.25, -0.2) is 8.42 Å². The number of sulfonamides is 1. The first kappa shape index (κ1) is 22.6. The van der Waals surface area contributed by atoms with Gasteiger partial charge in [-0.2, -0.15) is 4.72 Å². The molecule has 0 radical (unpaired) electrons. The van der Waals surface area contributed by atoms with Gasteiger partial charge in [0, 0.05) is 11.3 Å². The highest BCUT2D eigenvalue weighted by molar-refractivity contribution is 7.89. The Morgan fingerprint density at radius 1 is 1.00 bits per heavy atom. The number of ether oxygens (including phenoxy) is 1. The van der Waals surface area contributed by atoms with Gasteiger partial charge in [-0.15, -0.1) is 0 Å². The van der Waals surface area contributed by atoms with Crippen LogP contribution in [0.1, 0.15) is 42.3 Å². The second kappa shape index (κ2) is 8.75. The van der Waals surface area contributed by atoms with Crippen LogP contribution in [0.3, 0.4) is 0 Å². The normalized spacial score (nSPS) is 11.8. The first-order valence-electron chi connectivity index (χ1n) is 9.07. The molecule has 8 heteroatoms. The molecular formula is C21H26N2O5S. The van der Waals surface area contributed by atoms with Crippen molar-refractivity contribution in [1.29, 1.82) is 0 Å². The van der Waals surface area contributed by atoms with E-state index in [1.807, 2.05) is 19.1 Å². The number of esters is 1. The van der Waals surface area contributed by atoms with Crippen molar-refractivity contribution in [2.24, 2.45) is 0 Å². The van der Waals surface area contributed by atoms with E-state index in [-0.39, 0.29) is 10.8 Å². The number of benzene rings is 2. The van der Waals surface area contributed by atoms with Crippen LogP contribution in [0.15, 0.2) is 47.4 Å². The fourth-order valence-corrected chi connectivity index (χ4v) is 3.51. The summed E-state index contributed by atoms with van der Waals surface area (Å²) in [7, 11) is -3.90. The molecule has 0 saturated heterocycles. The van der Waals surface area contributed by atoms with Crippen LogP contribution in [-0.4, -0.2) is 32.4 Å². The van der Waals surface area contributed by atoms with Crippen molar-refractivity contribution in [3.05, 3.63) is 59.2 Å². The Kier molecular flexibility index (Phi) is 6.81. The molecular weight excluding hydrogens is 392 g/mol. The maximum atomic E-state index is 12.4. The molecule has 7 nitrogen and oxygen atoms in total. The molecule has 1 amide bonds. The Bertz CT molecular complexity index is 1010. The SMILES string of the molecule is Cc1ccc(C(=O)Nc2ccc(S(=O)(=O)NCC(=O)OC(C)(C)C)cc2C)cc1. The molecule has 2 N–H and O–H groups in total. The van der Waals surface area contributed by atoms with Crippen LogP contribution >= 0.6 is 0 Å². The van der Waals surface area contributed by atoms with Gasteiger partial charge in [0.15, 0.2) is 0 Å². The van der Waals surface area contributed by atoms with Gasteiger partial charge in [0.05, 0.1) is 4.90 Å². The minimum Gasteiger partial charge on any atom is -0.459 e. The third-order valence-corrected chi connectivity index (χ3v) is 5.30. The van der Waals surface area contributed by atoms with Gasteiger partial charge in [-0.1, -0.05) is 17.7 Å². The zero-order chi connectivity index (χ0) is 21.8. The summed E-state index contributed by atoms with van der Waals surface area (Å²) < 4.78 is 32.2. The van der Waals surface area contributed by atoms with E-state index in [1.54, 1.807) is 39.8 Å². The van der Waals surface area contributed by atoms with Crippen molar-refractivity contribution < 1.29 is 22.7 Å². The molecule has 0 aliphatic heterocycles. The number of rotatable bonds is 6. The van der Waals surface area contributed by atoms with Gasteiger partial charge in [-0.05, 0) is 70.5 Å². The van der Waals surface area contributed by atoms with E-state index in [1.165, 1.54) is 18.2 Å². The van der Waals surface area contributed by atoms with Gasteiger partial charge >= 0.3 is 5.97 Å². The van der Waals surface area contributed by atoms with Crippen molar-refractivity contribution in [1.82, 2.24) is 4.72 Å². The van der Waals surface area contributed by atoms with Crippen LogP contribution < -0.4 is 10.0 Å². The molecule has 0 fully saturated rings. The quantitative estimate of drug-likeness (QED) is 0.702. The van der Waals surface area contributed by atoms with E-state index < -0.39 is 28.1 Å². The number of nitrogens with one attached hydrogen (secondary N) is 2. The van der Waals surface area contributed by atoms with Crippen molar-refractivity contribution in [3.63, 3.8) is 0 Å². The van der Waals surface area contributed by atoms with Gasteiger partial charge < -0.3 is 10.1 Å². The lowest BCUT2D eigenvalue weighted by atomic mass is 10.1. The maximum Gasteiger partial charge on any atom is 0.321 e. The van der Waals surface area contributed by atoms with E-state index in [4.69, 9.17) is 4.74 Å². The zero-order valence-corrected chi connectivity index (χ0v) is 18.0. The van der Waals surface area contributed by atoms with Crippen LogP contribution in [0, 0.1) is 13.8 Å². The Morgan fingerprint density at radius 3 is 2.17 bits per heavy atom. The molecule has 0 aliphatic carbocycles. The minimum absolute atomic E-state index is 0.00751. The number of carbonyl (C=O) groups excluding carboxylic acids is 2. The largest absolute Gasteiger partial charge is 0.459 e. The number of carbonyl (C=O) groups is 2. The lowest BCUT2D eigenvalue weighted by molar-refractivity contribution is -0.153. The Hall–Kier alpha value is -2.71. The van der Waals surface area contributed by atoms with E-state index in [9.17, 15) is 18.0 Å². The average Bonchev–Trinajstić information content (AvgIpc) is 2.61. The highest BCUT2D eigenvalue weighted by atomic mass is 32.2. The predicted octanol–water partition coefficient (Wildman–Crippen LogP) is 3.18. The predicted molar refractivity (Wildman–Crippen MR) is 111 cm³/mol. The first-order chi connectivity index (χ1) is 13.4. The molecule has 156 valence electrons. The summed E-state index contributed by atoms with van der Waals surface area (Å²) in [6.07, 6.45) is 0. The average molecular weight is 419 g/mol. The summed E-state index contributed by atoms with van der Waals surface area (Å²) in [5, 5.41) is 2.77. The first-order valence-corrected chi connectivity index (χ1v) is 10.6. The van der Waals surface area contributed by atoms with E-state index in [2.05, 4.69) is 10.0 Å². The molecule has 0 aliphatic rings. The van der Waals surface area contributed by atoms with Crippen molar-refractivity contribution in [2.45, 2.75) is 45.1 Å². The van der Waals surface area contributed by atoms with Crippen LogP contribution in [0.2, 0.25) is 0 Å². The summed E-state index contributed by atoms with van der Waals surface area (Å²) in [5.74, 6) is -0.952. The second-order valence-corrected chi connectivity index (χ2v) is 9.47. The van der Waals surface area contributed by atoms with Crippen LogP contribution in [-0.2, 0) is 19.6 Å². The molecule has 29 heavy (non-hydrogen) atoms. The van der Waals surface area contributed by atoms with E-state index in [0.29, 0.717) is 16.8 Å². The van der Waals surface area contributed by atoms with Crippen LogP contribution in [0.25, 0.3) is 0 Å². The molecule has 0 atom stereocenters. The van der Waals surface area contributed by atoms with Gasteiger partial charge in [0.1, 0.15) is 12.1 Å². The molecule has 0 bridgehead atoms. The summed E-state index contributed by atoms with van der Waals surface area (Å²) >= 11 is 0. The molecule has 0 aromatic heterocycles. The maximum absolute atomic E-state index is 12.4. The van der Waals surface area contributed by atoms with E-state index >= 15 is 0 Å². The molecule has 0 spiro atoms. The van der Waals surface area contributed by atoms with Crippen molar-refractivity contribution >= 4 is 27.6 Å². The molecule has 2 rings (SSSR count). The van der Waals surface area contributed by atoms with Crippen LogP contribution in [0.4, 0.5) is 5.69 Å². The Labute approximate surface area is 171 Å². The Morgan fingerprint density at radius 2 is 1.62 bits per heavy atom. The fraction of sp³-hybridized carbons (Fsp3) is 0.333. The highest BCUT2D eigenvalue weighted by Crippen LogP contribution is 2.20. The summed E-state index contributed by atoms with van der Waals surface area (Å²) in [6.45, 7) is 8.26. The molecule has 2 aromatic carbocycles. The fourth-order valence-electron chi connectivity index (χ4n) is 2.46. The number of hydrogen-bond acceptors (Lipinski definition) is 5. The second-order valence-electron chi connectivity index (χ2n) is 7.71. The molecule has 0 unspecified atom stereocenters. The van der Waals surface area contributed by atoms with Crippen molar-refractivity contribution in [2.75, 3.05) is 11.9 Å². The van der Waals surface area contributed by atoms with Gasteiger partial charge in [0.25, 0.3) is 5.91 Å². The van der Waals surface area contributed by atoms with E-state index in [0.717, 1.165) is 5.56 Å². The summed E-state index contributed by atoms with van der Waals surface area (Å²) in [5.41, 5.74) is 1.93. The lowest BCUT2D eigenvalue weighted by Crippen LogP contribution is -2.34. The lowest BCUT2D eigenvalue weighted by Gasteiger charge is -2.19. The third kappa shape index (κ3) is 6.69. The molecule has 2 aromatic rings. The number of amides is 1. The summed E-state index contributed by atoms with van der Waals surface area (Å²) in [4.78, 5) is 24.1. The van der Waals surface area contributed by atoms with Gasteiger partial charge in [0.2, 0.25) is 10.0 Å². The van der Waals surface area contributed by atoms with Crippen LogP contribution in [0.5, 0.6) is 0 Å². The monoisotopic (exact) mass is 418 g/mol. The number of anilines is 1. The smallest absolute Gasteiger partial charge is 0.321 e. The molecule has 0 heterocycles. The number of hydrogen-bond donors (Lipinski definition) is 2. The topological polar surface area (TPSA) is 102 Å². The summed E-state index contributed by atoms with van der Waals surface area (Å²) in [6, 6.07) is 11.4. The number of aryl methyl sites for hydroxylation is 2. The zero-order valence-electron chi connectivity index (χ0n) is 17.2. The minimum atomic E-state index is -3.90. The Balaban J connectivity index is 2.08. The third-order valence-electron chi connectivity index (χ3n) is 3.90. The standard InChI is InChI=1S/C21H26N2O5S/c1-14-6-8-16(9-7-14)20(25)23-18-11-10-17(12-15(18)2)29(26,27)22-13-19(24)28-21(3,4)5/h6-12,22H,13H2,1-5H3,(H,23,25). The van der Waals surface area contributed by atoms with Gasteiger partial charge in [-0.3, -0.25) is 9.59 Å².